The molecule has 0 bridgehead atoms. The lowest BCUT2D eigenvalue weighted by molar-refractivity contribution is -0.142. The van der Waals surface area contributed by atoms with Gasteiger partial charge in [-0.3, -0.25) is 19.2 Å². The fourth-order valence-corrected chi connectivity index (χ4v) is 2.16. The topological polar surface area (TPSA) is 208 Å². The van der Waals surface area contributed by atoms with Crippen LogP contribution >= 0.6 is 0 Å². The van der Waals surface area contributed by atoms with Crippen molar-refractivity contribution < 1.29 is 39.3 Å². The van der Waals surface area contributed by atoms with E-state index in [-0.39, 0.29) is 12.3 Å². The van der Waals surface area contributed by atoms with E-state index in [1.54, 1.807) is 13.8 Å². The number of rotatable bonds is 12. The van der Waals surface area contributed by atoms with Gasteiger partial charge in [0.05, 0.1) is 25.1 Å². The average Bonchev–Trinajstić information content (AvgIpc) is 2.55. The summed E-state index contributed by atoms with van der Waals surface area (Å²) in [4.78, 5) is 57.5. The molecule has 0 saturated carbocycles. The summed E-state index contributed by atoms with van der Waals surface area (Å²) in [5.41, 5.74) is 5.39. The largest absolute Gasteiger partial charge is 0.481 e. The average molecular weight is 404 g/mol. The second-order valence-electron chi connectivity index (χ2n) is 6.74. The van der Waals surface area contributed by atoms with E-state index in [2.05, 4.69) is 16.0 Å². The third-order valence-corrected chi connectivity index (χ3v) is 3.56. The first-order chi connectivity index (χ1) is 12.8. The molecule has 0 aliphatic carbocycles. The number of carbonyl (C=O) groups excluding carboxylic acids is 3. The smallest absolute Gasteiger partial charge is 0.326 e. The molecule has 8 N–H and O–H groups in total. The Morgan fingerprint density at radius 3 is 1.96 bits per heavy atom. The molecule has 28 heavy (non-hydrogen) atoms. The zero-order valence-electron chi connectivity index (χ0n) is 16.0. The zero-order valence-corrected chi connectivity index (χ0v) is 16.0. The molecule has 4 unspecified atom stereocenters. The van der Waals surface area contributed by atoms with E-state index in [0.717, 1.165) is 0 Å². The fourth-order valence-electron chi connectivity index (χ4n) is 2.16. The van der Waals surface area contributed by atoms with Gasteiger partial charge in [-0.25, -0.2) is 4.79 Å². The predicted octanol–water partition coefficient (Wildman–Crippen LogP) is -2.61. The maximum atomic E-state index is 12.1. The summed E-state index contributed by atoms with van der Waals surface area (Å²) in [6.45, 7) is 4.20. The summed E-state index contributed by atoms with van der Waals surface area (Å²) < 4.78 is 0. The third-order valence-electron chi connectivity index (χ3n) is 3.56. The summed E-state index contributed by atoms with van der Waals surface area (Å²) in [5, 5.41) is 33.9. The van der Waals surface area contributed by atoms with Gasteiger partial charge in [0.25, 0.3) is 0 Å². The van der Waals surface area contributed by atoms with Crippen molar-refractivity contribution >= 4 is 29.7 Å². The van der Waals surface area contributed by atoms with Gasteiger partial charge in [0.2, 0.25) is 17.7 Å². The number of nitrogens with two attached hydrogens (primary N) is 1. The highest BCUT2D eigenvalue weighted by atomic mass is 16.4. The number of aliphatic hydroxyl groups is 1. The van der Waals surface area contributed by atoms with Crippen LogP contribution in [0.2, 0.25) is 0 Å². The summed E-state index contributed by atoms with van der Waals surface area (Å²) in [6.07, 6.45) is -1.84. The number of carbonyl (C=O) groups is 5. The third kappa shape index (κ3) is 9.83. The fraction of sp³-hybridized carbons (Fsp3) is 0.688. The quantitative estimate of drug-likeness (QED) is 0.181. The minimum absolute atomic E-state index is 0.0147. The lowest BCUT2D eigenvalue weighted by Crippen LogP contribution is -2.57. The molecule has 0 radical (unpaired) electrons. The lowest BCUT2D eigenvalue weighted by Gasteiger charge is -2.22. The normalized spacial score (nSPS) is 15.1. The van der Waals surface area contributed by atoms with Crippen LogP contribution in [0.25, 0.3) is 0 Å². The van der Waals surface area contributed by atoms with E-state index in [4.69, 9.17) is 15.9 Å². The molecule has 0 aromatic heterocycles. The molecule has 4 atom stereocenters. The first-order valence-corrected chi connectivity index (χ1v) is 8.60. The number of aliphatic carboxylic acids is 2. The van der Waals surface area contributed by atoms with Crippen molar-refractivity contribution in [3.8, 4) is 0 Å². The Kier molecular flexibility index (Phi) is 10.7. The number of amides is 3. The molecule has 0 aliphatic heterocycles. The minimum Gasteiger partial charge on any atom is -0.481 e. The molecule has 0 aromatic rings. The zero-order chi connectivity index (χ0) is 22.0. The lowest BCUT2D eigenvalue weighted by atomic mass is 10.0. The summed E-state index contributed by atoms with van der Waals surface area (Å²) in [7, 11) is 0. The summed E-state index contributed by atoms with van der Waals surface area (Å²) >= 11 is 0. The van der Waals surface area contributed by atoms with Crippen molar-refractivity contribution in [2.45, 2.75) is 57.8 Å². The van der Waals surface area contributed by atoms with Crippen LogP contribution in [-0.4, -0.2) is 75.8 Å². The Labute approximate surface area is 161 Å². The molecule has 0 aliphatic rings. The van der Waals surface area contributed by atoms with Crippen LogP contribution in [-0.2, 0) is 24.0 Å². The van der Waals surface area contributed by atoms with Gasteiger partial charge in [-0.2, -0.15) is 0 Å². The van der Waals surface area contributed by atoms with Crippen LogP contribution < -0.4 is 21.7 Å². The van der Waals surface area contributed by atoms with Crippen molar-refractivity contribution in [2.75, 3.05) is 6.54 Å². The van der Waals surface area contributed by atoms with E-state index in [1.165, 1.54) is 6.92 Å². The van der Waals surface area contributed by atoms with Crippen LogP contribution in [0.3, 0.4) is 0 Å². The van der Waals surface area contributed by atoms with Crippen molar-refractivity contribution in [1.29, 1.82) is 0 Å². The van der Waals surface area contributed by atoms with Crippen molar-refractivity contribution in [3.05, 3.63) is 0 Å². The number of nitrogens with one attached hydrogen (secondary N) is 3. The SMILES string of the molecule is CC(C)CC(NC(=O)CNC(=O)C(NC(=O)C(N)CC(=O)O)C(C)O)C(=O)O. The standard InChI is InChI=1S/C16H28N4O8/c1-7(2)4-10(16(27)28)19-11(22)6-18-15(26)13(8(3)21)20-14(25)9(17)5-12(23)24/h7-10,13,21H,4-6,17H2,1-3H3,(H,18,26)(H,19,22)(H,20,25)(H,23,24)(H,27,28). The van der Waals surface area contributed by atoms with Crippen molar-refractivity contribution in [2.24, 2.45) is 11.7 Å². The Morgan fingerprint density at radius 2 is 1.54 bits per heavy atom. The van der Waals surface area contributed by atoms with Gasteiger partial charge in [0, 0.05) is 0 Å². The second-order valence-corrected chi connectivity index (χ2v) is 6.74. The molecule has 0 spiro atoms. The van der Waals surface area contributed by atoms with Gasteiger partial charge in [0.1, 0.15) is 12.1 Å². The highest BCUT2D eigenvalue weighted by Gasteiger charge is 2.29. The van der Waals surface area contributed by atoms with Crippen LogP contribution in [0.15, 0.2) is 0 Å². The van der Waals surface area contributed by atoms with Crippen LogP contribution in [0.4, 0.5) is 0 Å². The number of carboxylic acid groups (broad SMARTS) is 2. The van der Waals surface area contributed by atoms with Gasteiger partial charge in [-0.1, -0.05) is 13.8 Å². The van der Waals surface area contributed by atoms with E-state index in [1.807, 2.05) is 0 Å². The van der Waals surface area contributed by atoms with Crippen molar-refractivity contribution in [1.82, 2.24) is 16.0 Å². The van der Waals surface area contributed by atoms with Crippen LogP contribution in [0, 0.1) is 5.92 Å². The highest BCUT2D eigenvalue weighted by Crippen LogP contribution is 2.04. The molecule has 0 saturated heterocycles. The van der Waals surface area contributed by atoms with E-state index in [9.17, 15) is 29.1 Å². The highest BCUT2D eigenvalue weighted by molar-refractivity contribution is 5.93. The van der Waals surface area contributed by atoms with E-state index >= 15 is 0 Å². The molecule has 160 valence electrons. The first-order valence-electron chi connectivity index (χ1n) is 8.60. The molecule has 12 heteroatoms. The molecular weight excluding hydrogens is 376 g/mol. The van der Waals surface area contributed by atoms with Crippen molar-refractivity contribution in [3.63, 3.8) is 0 Å². The molecule has 0 rings (SSSR count). The van der Waals surface area contributed by atoms with Gasteiger partial charge in [0.15, 0.2) is 0 Å². The molecule has 0 fully saturated rings. The predicted molar refractivity (Wildman–Crippen MR) is 95.9 cm³/mol. The maximum Gasteiger partial charge on any atom is 0.326 e. The molecule has 0 aromatic carbocycles. The summed E-state index contributed by atoms with van der Waals surface area (Å²) in [6, 6.07) is -4.03. The van der Waals surface area contributed by atoms with Gasteiger partial charge >= 0.3 is 11.9 Å². The Hall–Kier alpha value is -2.73. The van der Waals surface area contributed by atoms with Crippen LogP contribution in [0.1, 0.15) is 33.6 Å². The number of hydrogen-bond donors (Lipinski definition) is 7. The van der Waals surface area contributed by atoms with E-state index < -0.39 is 66.9 Å². The Balaban J connectivity index is 4.76. The molecule has 12 nitrogen and oxygen atoms in total. The monoisotopic (exact) mass is 404 g/mol. The number of carboxylic acids is 2. The number of hydrogen-bond acceptors (Lipinski definition) is 7. The molecular formula is C16H28N4O8. The van der Waals surface area contributed by atoms with Gasteiger partial charge in [-0.05, 0) is 19.3 Å². The van der Waals surface area contributed by atoms with Crippen LogP contribution in [0.5, 0.6) is 0 Å². The maximum absolute atomic E-state index is 12.1. The van der Waals surface area contributed by atoms with E-state index in [0.29, 0.717) is 0 Å². The molecule has 0 heterocycles. The second kappa shape index (κ2) is 11.9. The Bertz CT molecular complexity index is 593. The van der Waals surface area contributed by atoms with Gasteiger partial charge in [-0.15, -0.1) is 0 Å². The minimum atomic E-state index is -1.48. The first kappa shape index (κ1) is 25.3. The summed E-state index contributed by atoms with van der Waals surface area (Å²) in [5.74, 6) is -5.16. The molecule has 3 amide bonds. The number of aliphatic hydroxyl groups excluding tert-OH is 1. The van der Waals surface area contributed by atoms with Gasteiger partial charge < -0.3 is 37.0 Å². The Morgan fingerprint density at radius 1 is 0.964 bits per heavy atom.